The summed E-state index contributed by atoms with van der Waals surface area (Å²) in [6.07, 6.45) is 4.51. The second kappa shape index (κ2) is 8.40. The van der Waals surface area contributed by atoms with Gasteiger partial charge in [0.2, 0.25) is 0 Å². The fourth-order valence-corrected chi connectivity index (χ4v) is 4.68. The van der Waals surface area contributed by atoms with Crippen molar-refractivity contribution in [2.45, 2.75) is 71.8 Å². The average molecular weight is 548 g/mol. The van der Waals surface area contributed by atoms with Crippen molar-refractivity contribution >= 4 is 15.9 Å². The number of rotatable bonds is 2. The molecule has 1 aromatic heterocycles. The summed E-state index contributed by atoms with van der Waals surface area (Å²) in [5, 5.41) is 11.1. The lowest BCUT2D eigenvalue weighted by Gasteiger charge is -2.28. The van der Waals surface area contributed by atoms with Gasteiger partial charge in [-0.2, -0.15) is 4.57 Å². The lowest BCUT2D eigenvalue weighted by molar-refractivity contribution is -0.679. The number of hydrogen-bond donors (Lipinski definition) is 1. The predicted molar refractivity (Wildman–Crippen MR) is 126 cm³/mol. The normalized spacial score (nSPS) is 13.8. The highest BCUT2D eigenvalue weighted by Gasteiger charge is 2.32. The van der Waals surface area contributed by atoms with Crippen molar-refractivity contribution in [1.82, 2.24) is 4.57 Å². The van der Waals surface area contributed by atoms with Gasteiger partial charge in [0, 0.05) is 21.2 Å². The lowest BCUT2D eigenvalue weighted by atomic mass is 9.78. The van der Waals surface area contributed by atoms with Gasteiger partial charge in [0.15, 0.2) is 5.69 Å². The first-order chi connectivity index (χ1) is 14.0. The van der Waals surface area contributed by atoms with Gasteiger partial charge in [0.25, 0.3) is 5.82 Å². The molecule has 0 atom stereocenters. The Morgan fingerprint density at radius 2 is 1.48 bits per heavy atom. The number of phenols is 1. The van der Waals surface area contributed by atoms with Crippen molar-refractivity contribution in [1.29, 1.82) is 0 Å². The number of hydrogen-bond acceptors (Lipinski definition) is 1. The van der Waals surface area contributed by atoms with E-state index in [1.165, 1.54) is 22.8 Å². The Kier molecular flexibility index (Phi) is 6.52. The zero-order chi connectivity index (χ0) is 21.8. The van der Waals surface area contributed by atoms with Crippen molar-refractivity contribution < 1.29 is 26.7 Å². The molecule has 2 aromatic carbocycles. The molecular weight excluding hydrogens is 516 g/mol. The van der Waals surface area contributed by atoms with E-state index in [0.717, 1.165) is 35.0 Å². The third-order valence-corrected chi connectivity index (χ3v) is 6.57. The van der Waals surface area contributed by atoms with Crippen LogP contribution >= 0.6 is 15.9 Å². The van der Waals surface area contributed by atoms with Crippen LogP contribution in [0.5, 0.6) is 5.75 Å². The van der Waals surface area contributed by atoms with Gasteiger partial charge in [-0.15, -0.1) is 0 Å². The molecule has 5 heteroatoms. The van der Waals surface area contributed by atoms with E-state index < -0.39 is 0 Å². The van der Waals surface area contributed by atoms with Crippen LogP contribution in [-0.4, -0.2) is 9.67 Å². The molecule has 166 valence electrons. The minimum atomic E-state index is -0.137. The van der Waals surface area contributed by atoms with Crippen molar-refractivity contribution in [3.8, 4) is 22.7 Å². The summed E-state index contributed by atoms with van der Waals surface area (Å²) >= 11 is 3.54. The third-order valence-electron chi connectivity index (χ3n) is 6.04. The average Bonchev–Trinajstić information content (AvgIpc) is 3.23. The van der Waals surface area contributed by atoms with Crippen LogP contribution in [0.4, 0.5) is 0 Å². The topological polar surface area (TPSA) is 29.0 Å². The third kappa shape index (κ3) is 4.49. The molecule has 1 aliphatic rings. The van der Waals surface area contributed by atoms with Crippen LogP contribution in [0.3, 0.4) is 0 Å². The highest BCUT2D eigenvalue weighted by atomic mass is 79.9. The molecule has 2 heterocycles. The van der Waals surface area contributed by atoms with Crippen LogP contribution in [0.25, 0.3) is 16.9 Å². The van der Waals surface area contributed by atoms with E-state index in [9.17, 15) is 5.11 Å². The van der Waals surface area contributed by atoms with Crippen molar-refractivity contribution in [2.24, 2.45) is 0 Å². The van der Waals surface area contributed by atoms with Crippen LogP contribution in [0.2, 0.25) is 0 Å². The molecular formula is C26H32Br2N2O. The maximum atomic E-state index is 11.1. The summed E-state index contributed by atoms with van der Waals surface area (Å²) in [7, 11) is 0. The van der Waals surface area contributed by atoms with Gasteiger partial charge in [0.05, 0.1) is 13.0 Å². The zero-order valence-electron chi connectivity index (χ0n) is 19.3. The van der Waals surface area contributed by atoms with Gasteiger partial charge < -0.3 is 22.1 Å². The van der Waals surface area contributed by atoms with Gasteiger partial charge in [-0.3, -0.25) is 0 Å². The molecule has 3 nitrogen and oxygen atoms in total. The largest absolute Gasteiger partial charge is 1.00 e. The first kappa shape index (κ1) is 24.1. The number of nitrogens with zero attached hydrogens (tertiary/aromatic N) is 2. The standard InChI is InChI=1S/C26H31BrN2O.BrH/c1-25(2,3)20-14-17(15-21(24(20)30)26(4,5)6)22-16-29(23-8-7-13-28(22)23)19-11-9-18(27)10-12-19;/h9-12,14-16H,7-8,13H2,1-6H3;1H. The molecule has 31 heavy (non-hydrogen) atoms. The Morgan fingerprint density at radius 3 is 2.00 bits per heavy atom. The molecule has 0 unspecified atom stereocenters. The minimum Gasteiger partial charge on any atom is -1.00 e. The lowest BCUT2D eigenvalue weighted by Crippen LogP contribution is -3.00. The van der Waals surface area contributed by atoms with Crippen LogP contribution < -0.4 is 21.5 Å². The summed E-state index contributed by atoms with van der Waals surface area (Å²) in [5.41, 5.74) is 5.33. The van der Waals surface area contributed by atoms with E-state index in [2.05, 4.69) is 109 Å². The van der Waals surface area contributed by atoms with Gasteiger partial charge in [-0.1, -0.05) is 57.5 Å². The van der Waals surface area contributed by atoms with Crippen molar-refractivity contribution in [3.05, 3.63) is 64.0 Å². The molecule has 4 rings (SSSR count). The molecule has 0 saturated carbocycles. The van der Waals surface area contributed by atoms with Crippen LogP contribution in [0.15, 0.2) is 47.1 Å². The van der Waals surface area contributed by atoms with Gasteiger partial charge in [-0.25, -0.2) is 4.57 Å². The SMILES string of the molecule is CC(C)(C)c1cc(-c2cn(-c3ccc(Br)cc3)c3[n+]2CCC3)cc(C(C)(C)C)c1O.[Br-]. The fourth-order valence-electron chi connectivity index (χ4n) is 4.42. The number of imidazole rings is 1. The van der Waals surface area contributed by atoms with E-state index in [-0.39, 0.29) is 27.8 Å². The summed E-state index contributed by atoms with van der Waals surface area (Å²) in [6, 6.07) is 12.9. The Bertz CT molecular complexity index is 1070. The van der Waals surface area contributed by atoms with Crippen molar-refractivity contribution in [2.75, 3.05) is 0 Å². The predicted octanol–water partition coefficient (Wildman–Crippen LogP) is 3.45. The Balaban J connectivity index is 0.00000272. The first-order valence-corrected chi connectivity index (χ1v) is 11.5. The highest BCUT2D eigenvalue weighted by Crippen LogP contribution is 2.42. The van der Waals surface area contributed by atoms with E-state index in [4.69, 9.17) is 0 Å². The summed E-state index contributed by atoms with van der Waals surface area (Å²) < 4.78 is 5.87. The molecule has 3 aromatic rings. The monoisotopic (exact) mass is 546 g/mol. The minimum absolute atomic E-state index is 0. The highest BCUT2D eigenvalue weighted by molar-refractivity contribution is 9.10. The van der Waals surface area contributed by atoms with E-state index in [1.807, 2.05) is 0 Å². The molecule has 0 spiro atoms. The number of aromatic nitrogens is 2. The maximum absolute atomic E-state index is 11.1. The molecule has 0 saturated heterocycles. The second-order valence-electron chi connectivity index (χ2n) is 10.5. The smallest absolute Gasteiger partial charge is 0.262 e. The maximum Gasteiger partial charge on any atom is 0.262 e. The quantitative estimate of drug-likeness (QED) is 0.489. The Morgan fingerprint density at radius 1 is 0.935 bits per heavy atom. The summed E-state index contributed by atoms with van der Waals surface area (Å²) in [4.78, 5) is 0. The van der Waals surface area contributed by atoms with E-state index in [1.54, 1.807) is 0 Å². The molecule has 1 N–H and O–H groups in total. The summed E-state index contributed by atoms with van der Waals surface area (Å²) in [5.74, 6) is 1.78. The Hall–Kier alpha value is -1.59. The van der Waals surface area contributed by atoms with Crippen LogP contribution in [0, 0.1) is 0 Å². The van der Waals surface area contributed by atoms with E-state index >= 15 is 0 Å². The second-order valence-corrected chi connectivity index (χ2v) is 11.4. The first-order valence-electron chi connectivity index (χ1n) is 10.7. The number of phenolic OH excluding ortho intramolecular Hbond substituents is 1. The van der Waals surface area contributed by atoms with Gasteiger partial charge in [-0.05, 0) is 53.6 Å². The zero-order valence-corrected chi connectivity index (χ0v) is 22.4. The van der Waals surface area contributed by atoms with Crippen molar-refractivity contribution in [3.63, 3.8) is 0 Å². The number of halogens is 2. The number of benzene rings is 2. The fraction of sp³-hybridized carbons (Fsp3) is 0.423. The van der Waals surface area contributed by atoms with Gasteiger partial charge >= 0.3 is 0 Å². The molecule has 0 amide bonds. The van der Waals surface area contributed by atoms with Crippen LogP contribution in [-0.2, 0) is 23.8 Å². The molecule has 1 aliphatic heterocycles. The molecule has 0 bridgehead atoms. The number of aromatic hydroxyl groups is 1. The van der Waals surface area contributed by atoms with Crippen LogP contribution in [0.1, 0.15) is 64.9 Å². The van der Waals surface area contributed by atoms with Gasteiger partial charge in [0.1, 0.15) is 17.6 Å². The molecule has 0 fully saturated rings. The Labute approximate surface area is 205 Å². The summed E-state index contributed by atoms with van der Waals surface area (Å²) in [6.45, 7) is 14.0. The molecule has 0 aliphatic carbocycles. The molecule has 0 radical (unpaired) electrons. The van der Waals surface area contributed by atoms with E-state index in [0.29, 0.717) is 5.75 Å². The number of fused-ring (bicyclic) bond motifs is 1.